The topological polar surface area (TPSA) is 12.0 Å². The van der Waals surface area contributed by atoms with E-state index in [9.17, 15) is 4.39 Å². The molecule has 0 atom stereocenters. The lowest BCUT2D eigenvalue weighted by Crippen LogP contribution is -2.02. The zero-order valence-corrected chi connectivity index (χ0v) is 9.99. The van der Waals surface area contributed by atoms with Gasteiger partial charge in [-0.25, -0.2) is 4.39 Å². The van der Waals surface area contributed by atoms with Crippen molar-refractivity contribution in [3.8, 4) is 0 Å². The van der Waals surface area contributed by atoms with Crippen molar-refractivity contribution in [1.29, 1.82) is 0 Å². The quantitative estimate of drug-likeness (QED) is 0.876. The molecule has 0 aromatic heterocycles. The summed E-state index contributed by atoms with van der Waals surface area (Å²) in [5, 5.41) is 3.12. The molecule has 0 bridgehead atoms. The Bertz CT molecular complexity index is 352. The fourth-order valence-electron chi connectivity index (χ4n) is 0.906. The van der Waals surface area contributed by atoms with Crippen LogP contribution in [-0.2, 0) is 0 Å². The van der Waals surface area contributed by atoms with Crippen molar-refractivity contribution in [2.45, 2.75) is 6.92 Å². The van der Waals surface area contributed by atoms with Gasteiger partial charge in [0.05, 0.1) is 0 Å². The van der Waals surface area contributed by atoms with Crippen LogP contribution in [0.1, 0.15) is 6.92 Å². The molecule has 0 aliphatic carbocycles. The maximum atomic E-state index is 12.7. The van der Waals surface area contributed by atoms with Crippen LogP contribution in [0.15, 0.2) is 33.8 Å². The lowest BCUT2D eigenvalue weighted by molar-refractivity contribution is 0.627. The van der Waals surface area contributed by atoms with Crippen molar-refractivity contribution in [3.63, 3.8) is 0 Å². The molecular formula is C10H10BrClFN. The van der Waals surface area contributed by atoms with Crippen LogP contribution < -0.4 is 5.32 Å². The summed E-state index contributed by atoms with van der Waals surface area (Å²) in [5.74, 6) is -0.257. The van der Waals surface area contributed by atoms with Gasteiger partial charge in [0.1, 0.15) is 5.82 Å². The number of rotatable bonds is 3. The standard InChI is InChI=1S/C10H10BrClFN/c1-7(5-12)6-14-10-3-2-8(13)4-9(10)11/h2-5,14H,6H2,1H3/b7-5-. The highest BCUT2D eigenvalue weighted by molar-refractivity contribution is 9.10. The fourth-order valence-corrected chi connectivity index (χ4v) is 1.47. The molecule has 76 valence electrons. The SMILES string of the molecule is C/C(=C/Cl)CNc1ccc(F)cc1Br. The van der Waals surface area contributed by atoms with E-state index in [2.05, 4.69) is 21.2 Å². The Balaban J connectivity index is 2.68. The van der Waals surface area contributed by atoms with Crippen LogP contribution in [0.4, 0.5) is 10.1 Å². The number of hydrogen-bond donors (Lipinski definition) is 1. The van der Waals surface area contributed by atoms with Gasteiger partial charge in [-0.2, -0.15) is 0 Å². The van der Waals surface area contributed by atoms with Crippen LogP contribution in [0.3, 0.4) is 0 Å². The Morgan fingerprint density at radius 2 is 2.36 bits per heavy atom. The molecule has 1 aromatic rings. The molecule has 0 fully saturated rings. The average Bonchev–Trinajstić information content (AvgIpc) is 2.16. The number of nitrogens with one attached hydrogen (secondary N) is 1. The molecule has 1 N–H and O–H groups in total. The van der Waals surface area contributed by atoms with Crippen molar-refractivity contribution < 1.29 is 4.39 Å². The van der Waals surface area contributed by atoms with Gasteiger partial charge in [0, 0.05) is 22.2 Å². The van der Waals surface area contributed by atoms with Crippen LogP contribution >= 0.6 is 27.5 Å². The second kappa shape index (κ2) is 5.37. The lowest BCUT2D eigenvalue weighted by atomic mass is 10.3. The van der Waals surface area contributed by atoms with Crippen LogP contribution in [0.2, 0.25) is 0 Å². The second-order valence-electron chi connectivity index (χ2n) is 2.93. The Morgan fingerprint density at radius 1 is 1.64 bits per heavy atom. The first-order valence-corrected chi connectivity index (χ1v) is 5.31. The third-order valence-corrected chi connectivity index (χ3v) is 2.70. The summed E-state index contributed by atoms with van der Waals surface area (Å²) in [6.45, 7) is 2.56. The van der Waals surface area contributed by atoms with E-state index < -0.39 is 0 Å². The van der Waals surface area contributed by atoms with E-state index in [4.69, 9.17) is 11.6 Å². The molecule has 0 amide bonds. The molecule has 0 saturated carbocycles. The third kappa shape index (κ3) is 3.31. The Kier molecular flexibility index (Phi) is 4.42. The smallest absolute Gasteiger partial charge is 0.124 e. The fraction of sp³-hybridized carbons (Fsp3) is 0.200. The number of halogens is 3. The average molecular weight is 279 g/mol. The van der Waals surface area contributed by atoms with Crippen molar-refractivity contribution in [2.24, 2.45) is 0 Å². The summed E-state index contributed by atoms with van der Waals surface area (Å²) in [5.41, 5.74) is 3.39. The normalized spacial score (nSPS) is 11.6. The van der Waals surface area contributed by atoms with Gasteiger partial charge in [0.25, 0.3) is 0 Å². The van der Waals surface area contributed by atoms with Gasteiger partial charge < -0.3 is 5.32 Å². The van der Waals surface area contributed by atoms with E-state index in [0.717, 1.165) is 11.3 Å². The van der Waals surface area contributed by atoms with Crippen molar-refractivity contribution in [1.82, 2.24) is 0 Å². The summed E-state index contributed by atoms with van der Waals surface area (Å²) in [4.78, 5) is 0. The van der Waals surface area contributed by atoms with Crippen molar-refractivity contribution in [2.75, 3.05) is 11.9 Å². The molecule has 14 heavy (non-hydrogen) atoms. The Morgan fingerprint density at radius 3 is 2.93 bits per heavy atom. The minimum absolute atomic E-state index is 0.257. The molecular weight excluding hydrogens is 268 g/mol. The van der Waals surface area contributed by atoms with Gasteiger partial charge in [-0.15, -0.1) is 0 Å². The van der Waals surface area contributed by atoms with Gasteiger partial charge in [-0.3, -0.25) is 0 Å². The molecule has 1 rings (SSSR count). The monoisotopic (exact) mass is 277 g/mol. The van der Waals surface area contributed by atoms with Gasteiger partial charge in [-0.05, 0) is 46.6 Å². The van der Waals surface area contributed by atoms with E-state index in [1.54, 1.807) is 6.07 Å². The minimum Gasteiger partial charge on any atom is -0.380 e. The molecule has 0 unspecified atom stereocenters. The van der Waals surface area contributed by atoms with E-state index in [-0.39, 0.29) is 5.82 Å². The lowest BCUT2D eigenvalue weighted by Gasteiger charge is -2.08. The molecule has 0 spiro atoms. The Hall–Kier alpha value is -0.540. The summed E-state index contributed by atoms with van der Waals surface area (Å²) in [7, 11) is 0. The first-order chi connectivity index (χ1) is 6.63. The van der Waals surface area contributed by atoms with E-state index in [1.807, 2.05) is 6.92 Å². The first kappa shape index (κ1) is 11.5. The summed E-state index contributed by atoms with van der Waals surface area (Å²) < 4.78 is 13.4. The highest BCUT2D eigenvalue weighted by atomic mass is 79.9. The van der Waals surface area contributed by atoms with E-state index in [1.165, 1.54) is 17.7 Å². The predicted octanol–water partition coefficient (Wildman–Crippen LogP) is 4.14. The highest BCUT2D eigenvalue weighted by Crippen LogP contribution is 2.23. The largest absolute Gasteiger partial charge is 0.380 e. The van der Waals surface area contributed by atoms with Crippen molar-refractivity contribution in [3.05, 3.63) is 39.6 Å². The molecule has 0 aliphatic heterocycles. The van der Waals surface area contributed by atoms with Crippen LogP contribution in [-0.4, -0.2) is 6.54 Å². The van der Waals surface area contributed by atoms with Crippen LogP contribution in [0, 0.1) is 5.82 Å². The predicted molar refractivity (Wildman–Crippen MR) is 62.2 cm³/mol. The number of benzene rings is 1. The molecule has 0 heterocycles. The van der Waals surface area contributed by atoms with Gasteiger partial charge in [0.15, 0.2) is 0 Å². The van der Waals surface area contributed by atoms with E-state index in [0.29, 0.717) is 11.0 Å². The Labute approximate surface area is 96.1 Å². The summed E-state index contributed by atoms with van der Waals surface area (Å²) >= 11 is 8.77. The molecule has 1 aromatic carbocycles. The molecule has 4 heteroatoms. The van der Waals surface area contributed by atoms with Gasteiger partial charge in [0.2, 0.25) is 0 Å². The maximum absolute atomic E-state index is 12.7. The second-order valence-corrected chi connectivity index (χ2v) is 4.01. The maximum Gasteiger partial charge on any atom is 0.124 e. The molecule has 0 saturated heterocycles. The number of anilines is 1. The summed E-state index contributed by atoms with van der Waals surface area (Å²) in [6, 6.07) is 4.51. The number of hydrogen-bond acceptors (Lipinski definition) is 1. The van der Waals surface area contributed by atoms with Crippen LogP contribution in [0.5, 0.6) is 0 Å². The highest BCUT2D eigenvalue weighted by Gasteiger charge is 2.00. The summed E-state index contributed by atoms with van der Waals surface area (Å²) in [6.07, 6.45) is 0. The molecule has 1 nitrogen and oxygen atoms in total. The van der Waals surface area contributed by atoms with Gasteiger partial charge >= 0.3 is 0 Å². The first-order valence-electron chi connectivity index (χ1n) is 4.08. The zero-order valence-electron chi connectivity index (χ0n) is 7.65. The zero-order chi connectivity index (χ0) is 10.6. The minimum atomic E-state index is -0.257. The molecule has 0 aliphatic rings. The van der Waals surface area contributed by atoms with E-state index >= 15 is 0 Å². The van der Waals surface area contributed by atoms with Crippen molar-refractivity contribution >= 4 is 33.2 Å². The van der Waals surface area contributed by atoms with Gasteiger partial charge in [-0.1, -0.05) is 11.6 Å². The van der Waals surface area contributed by atoms with Crippen LogP contribution in [0.25, 0.3) is 0 Å². The third-order valence-electron chi connectivity index (χ3n) is 1.68. The molecule has 0 radical (unpaired) electrons.